The lowest BCUT2D eigenvalue weighted by Gasteiger charge is -2.33. The molecule has 0 aromatic heterocycles. The third-order valence-corrected chi connectivity index (χ3v) is 4.22. The highest BCUT2D eigenvalue weighted by Gasteiger charge is 2.24. The molecule has 0 aliphatic carbocycles. The number of carbonyl (C=O) groups excluding carboxylic acids is 1. The van der Waals surface area contributed by atoms with Crippen LogP contribution >= 0.6 is 12.4 Å². The predicted molar refractivity (Wildman–Crippen MR) is 85.5 cm³/mol. The van der Waals surface area contributed by atoms with Gasteiger partial charge in [0.15, 0.2) is 0 Å². The predicted octanol–water partition coefficient (Wildman–Crippen LogP) is 2.93. The Labute approximate surface area is 127 Å². The maximum absolute atomic E-state index is 12.6. The van der Waals surface area contributed by atoms with Gasteiger partial charge in [0.2, 0.25) is 0 Å². The van der Waals surface area contributed by atoms with Crippen LogP contribution in [0.3, 0.4) is 0 Å². The van der Waals surface area contributed by atoms with Crippen molar-refractivity contribution in [2.45, 2.75) is 33.1 Å². The molecule has 112 valence electrons. The van der Waals surface area contributed by atoms with Crippen LogP contribution in [0.5, 0.6) is 0 Å². The molecule has 2 rings (SSSR count). The first-order chi connectivity index (χ1) is 9.13. The minimum Gasteiger partial charge on any atom is -0.338 e. The Kier molecular flexibility index (Phi) is 6.50. The summed E-state index contributed by atoms with van der Waals surface area (Å²) >= 11 is 0. The van der Waals surface area contributed by atoms with E-state index in [0.29, 0.717) is 5.92 Å². The van der Waals surface area contributed by atoms with Crippen molar-refractivity contribution in [1.29, 1.82) is 0 Å². The van der Waals surface area contributed by atoms with Crippen molar-refractivity contribution in [3.8, 4) is 0 Å². The summed E-state index contributed by atoms with van der Waals surface area (Å²) in [6.07, 6.45) is 3.33. The lowest BCUT2D eigenvalue weighted by Crippen LogP contribution is -2.40. The fourth-order valence-corrected chi connectivity index (χ4v) is 2.87. The molecule has 1 aliphatic rings. The molecule has 4 heteroatoms. The van der Waals surface area contributed by atoms with Gasteiger partial charge in [-0.3, -0.25) is 4.79 Å². The van der Waals surface area contributed by atoms with Crippen LogP contribution in [-0.2, 0) is 0 Å². The van der Waals surface area contributed by atoms with Gasteiger partial charge in [-0.2, -0.15) is 0 Å². The molecule has 1 aromatic rings. The summed E-state index contributed by atoms with van der Waals surface area (Å²) in [6, 6.07) is 5.97. The molecule has 1 heterocycles. The van der Waals surface area contributed by atoms with Gasteiger partial charge in [0.25, 0.3) is 5.91 Å². The molecule has 20 heavy (non-hydrogen) atoms. The monoisotopic (exact) mass is 296 g/mol. The topological polar surface area (TPSA) is 46.3 Å². The molecule has 1 unspecified atom stereocenters. The van der Waals surface area contributed by atoms with Gasteiger partial charge in [-0.1, -0.05) is 12.1 Å². The first-order valence-corrected chi connectivity index (χ1v) is 7.19. The third-order valence-electron chi connectivity index (χ3n) is 4.22. The highest BCUT2D eigenvalue weighted by atomic mass is 35.5. The second-order valence-electron chi connectivity index (χ2n) is 5.58. The lowest BCUT2D eigenvalue weighted by molar-refractivity contribution is 0.0668. The fraction of sp³-hybridized carbons (Fsp3) is 0.562. The number of amides is 1. The Bertz CT molecular complexity index is 460. The fourth-order valence-electron chi connectivity index (χ4n) is 2.87. The number of halogens is 1. The molecule has 2 N–H and O–H groups in total. The Morgan fingerprint density at radius 2 is 2.15 bits per heavy atom. The van der Waals surface area contributed by atoms with E-state index in [1.807, 2.05) is 24.0 Å². The summed E-state index contributed by atoms with van der Waals surface area (Å²) < 4.78 is 0. The number of nitrogens with zero attached hydrogens (tertiary/aromatic N) is 1. The van der Waals surface area contributed by atoms with E-state index in [0.717, 1.165) is 43.6 Å². The summed E-state index contributed by atoms with van der Waals surface area (Å²) in [5.74, 6) is 0.760. The van der Waals surface area contributed by atoms with Crippen LogP contribution in [0.15, 0.2) is 18.2 Å². The second-order valence-corrected chi connectivity index (χ2v) is 5.58. The molecule has 0 radical (unpaired) electrons. The minimum absolute atomic E-state index is 0. The first-order valence-electron chi connectivity index (χ1n) is 7.19. The van der Waals surface area contributed by atoms with Crippen LogP contribution < -0.4 is 5.73 Å². The SMILES string of the molecule is Cc1cccc(C(=O)N2CCCC(CCN)C2)c1C.Cl. The highest BCUT2D eigenvalue weighted by molar-refractivity contribution is 5.96. The summed E-state index contributed by atoms with van der Waals surface area (Å²) in [5, 5.41) is 0. The van der Waals surface area contributed by atoms with Gasteiger partial charge in [-0.05, 0) is 62.8 Å². The van der Waals surface area contributed by atoms with Crippen molar-refractivity contribution in [3.63, 3.8) is 0 Å². The van der Waals surface area contributed by atoms with Gasteiger partial charge in [-0.25, -0.2) is 0 Å². The maximum atomic E-state index is 12.6. The molecule has 0 bridgehead atoms. The number of carbonyl (C=O) groups is 1. The Hall–Kier alpha value is -1.06. The number of likely N-dealkylation sites (tertiary alicyclic amines) is 1. The number of aryl methyl sites for hydroxylation is 1. The number of nitrogens with two attached hydrogens (primary N) is 1. The standard InChI is InChI=1S/C16H24N2O.ClH/c1-12-5-3-7-15(13(12)2)16(19)18-10-4-6-14(11-18)8-9-17;/h3,5,7,14H,4,6,8-11,17H2,1-2H3;1H. The molecule has 1 amide bonds. The van der Waals surface area contributed by atoms with Crippen LogP contribution in [-0.4, -0.2) is 30.4 Å². The molecular weight excluding hydrogens is 272 g/mol. The number of hydrogen-bond acceptors (Lipinski definition) is 2. The van der Waals surface area contributed by atoms with E-state index in [2.05, 4.69) is 13.0 Å². The zero-order valence-electron chi connectivity index (χ0n) is 12.4. The summed E-state index contributed by atoms with van der Waals surface area (Å²) in [6.45, 7) is 6.55. The maximum Gasteiger partial charge on any atom is 0.254 e. The van der Waals surface area contributed by atoms with Gasteiger partial charge >= 0.3 is 0 Å². The number of rotatable bonds is 3. The lowest BCUT2D eigenvalue weighted by atomic mass is 9.93. The largest absolute Gasteiger partial charge is 0.338 e. The van der Waals surface area contributed by atoms with Crippen molar-refractivity contribution in [2.75, 3.05) is 19.6 Å². The van der Waals surface area contributed by atoms with Crippen LogP contribution in [0.4, 0.5) is 0 Å². The molecule has 0 saturated carbocycles. The molecule has 3 nitrogen and oxygen atoms in total. The van der Waals surface area contributed by atoms with Crippen LogP contribution in [0.1, 0.15) is 40.7 Å². The number of hydrogen-bond donors (Lipinski definition) is 1. The van der Waals surface area contributed by atoms with E-state index in [1.54, 1.807) is 0 Å². The highest BCUT2D eigenvalue weighted by Crippen LogP contribution is 2.22. The van der Waals surface area contributed by atoms with Crippen molar-refractivity contribution in [3.05, 3.63) is 34.9 Å². The molecular formula is C16H25ClN2O. The first kappa shape index (κ1) is 17.0. The van der Waals surface area contributed by atoms with E-state index in [4.69, 9.17) is 5.73 Å². The van der Waals surface area contributed by atoms with Crippen LogP contribution in [0.2, 0.25) is 0 Å². The molecule has 1 saturated heterocycles. The van der Waals surface area contributed by atoms with E-state index >= 15 is 0 Å². The van der Waals surface area contributed by atoms with Gasteiger partial charge in [-0.15, -0.1) is 12.4 Å². The number of benzene rings is 1. The van der Waals surface area contributed by atoms with Crippen LogP contribution in [0.25, 0.3) is 0 Å². The summed E-state index contributed by atoms with van der Waals surface area (Å²) in [5.41, 5.74) is 8.77. The molecule has 1 atom stereocenters. The van der Waals surface area contributed by atoms with Gasteiger partial charge < -0.3 is 10.6 Å². The average molecular weight is 297 g/mol. The Morgan fingerprint density at radius 3 is 2.85 bits per heavy atom. The summed E-state index contributed by atoms with van der Waals surface area (Å²) in [7, 11) is 0. The van der Waals surface area contributed by atoms with Crippen molar-refractivity contribution in [2.24, 2.45) is 11.7 Å². The summed E-state index contributed by atoms with van der Waals surface area (Å²) in [4.78, 5) is 14.6. The average Bonchev–Trinajstić information content (AvgIpc) is 2.42. The smallest absolute Gasteiger partial charge is 0.254 e. The van der Waals surface area contributed by atoms with Gasteiger partial charge in [0, 0.05) is 18.7 Å². The second kappa shape index (κ2) is 7.65. The molecule has 1 aliphatic heterocycles. The zero-order valence-corrected chi connectivity index (χ0v) is 13.2. The third kappa shape index (κ3) is 3.74. The van der Waals surface area contributed by atoms with E-state index in [9.17, 15) is 4.79 Å². The zero-order chi connectivity index (χ0) is 13.8. The van der Waals surface area contributed by atoms with Gasteiger partial charge in [0.05, 0.1) is 0 Å². The van der Waals surface area contributed by atoms with Crippen molar-refractivity contribution >= 4 is 18.3 Å². The normalized spacial score (nSPS) is 18.6. The van der Waals surface area contributed by atoms with E-state index < -0.39 is 0 Å². The Morgan fingerprint density at radius 1 is 1.40 bits per heavy atom. The van der Waals surface area contributed by atoms with Gasteiger partial charge in [0.1, 0.15) is 0 Å². The van der Waals surface area contributed by atoms with E-state index in [1.165, 1.54) is 12.0 Å². The van der Waals surface area contributed by atoms with Crippen molar-refractivity contribution in [1.82, 2.24) is 4.90 Å². The molecule has 0 spiro atoms. The van der Waals surface area contributed by atoms with Crippen LogP contribution in [0, 0.1) is 19.8 Å². The molecule has 1 aromatic carbocycles. The minimum atomic E-state index is 0. The Balaban J connectivity index is 0.00000200. The molecule has 1 fully saturated rings. The number of piperidine rings is 1. The quantitative estimate of drug-likeness (QED) is 0.932. The van der Waals surface area contributed by atoms with E-state index in [-0.39, 0.29) is 18.3 Å². The van der Waals surface area contributed by atoms with Crippen molar-refractivity contribution < 1.29 is 4.79 Å².